The van der Waals surface area contributed by atoms with E-state index in [4.69, 9.17) is 11.6 Å². The fourth-order valence-corrected chi connectivity index (χ4v) is 2.18. The van der Waals surface area contributed by atoms with Gasteiger partial charge in [0.1, 0.15) is 0 Å². The topological polar surface area (TPSA) is 60.1 Å². The fourth-order valence-electron chi connectivity index (χ4n) is 1.95. The molecule has 1 aromatic carbocycles. The van der Waals surface area contributed by atoms with E-state index in [1.165, 1.54) is 6.07 Å². The predicted molar refractivity (Wildman–Crippen MR) is 74.4 cm³/mol. The number of hydrogen-bond acceptors (Lipinski definition) is 3. The fraction of sp³-hybridized carbons (Fsp3) is 0.231. The average Bonchev–Trinajstić information content (AvgIpc) is 2.79. The Hall–Kier alpha value is -1.85. The molecule has 0 spiro atoms. The van der Waals surface area contributed by atoms with Crippen molar-refractivity contribution in [2.75, 3.05) is 7.05 Å². The normalized spacial score (nSPS) is 10.6. The minimum atomic E-state index is -0.404. The van der Waals surface area contributed by atoms with Gasteiger partial charge >= 0.3 is 0 Å². The summed E-state index contributed by atoms with van der Waals surface area (Å²) in [6.45, 7) is 1.15. The molecule has 1 N–H and O–H groups in total. The average molecular weight is 280 g/mol. The lowest BCUT2D eigenvalue weighted by atomic mass is 10.2. The van der Waals surface area contributed by atoms with Crippen molar-refractivity contribution < 1.29 is 4.92 Å². The van der Waals surface area contributed by atoms with Crippen LogP contribution in [0.4, 0.5) is 5.69 Å². The molecule has 6 heteroatoms. The number of nitrogens with zero attached hydrogens (tertiary/aromatic N) is 2. The lowest BCUT2D eigenvalue weighted by Gasteiger charge is -2.06. The maximum absolute atomic E-state index is 11.0. The number of halogens is 1. The van der Waals surface area contributed by atoms with Crippen molar-refractivity contribution in [1.82, 2.24) is 9.88 Å². The van der Waals surface area contributed by atoms with Crippen LogP contribution < -0.4 is 5.32 Å². The molecule has 1 heterocycles. The lowest BCUT2D eigenvalue weighted by molar-refractivity contribution is -0.385. The number of rotatable bonds is 5. The van der Waals surface area contributed by atoms with Crippen LogP contribution in [-0.4, -0.2) is 16.5 Å². The van der Waals surface area contributed by atoms with Crippen molar-refractivity contribution in [2.24, 2.45) is 0 Å². The second-order valence-electron chi connectivity index (χ2n) is 4.22. The van der Waals surface area contributed by atoms with E-state index in [1.807, 2.05) is 30.1 Å². The molecule has 0 aliphatic rings. The van der Waals surface area contributed by atoms with Gasteiger partial charge in [0.15, 0.2) is 0 Å². The Balaban J connectivity index is 2.29. The molecule has 19 heavy (non-hydrogen) atoms. The van der Waals surface area contributed by atoms with Crippen LogP contribution in [-0.2, 0) is 13.1 Å². The number of benzene rings is 1. The highest BCUT2D eigenvalue weighted by molar-refractivity contribution is 6.31. The van der Waals surface area contributed by atoms with Gasteiger partial charge in [0.2, 0.25) is 0 Å². The Morgan fingerprint density at radius 3 is 2.89 bits per heavy atom. The molecular weight excluding hydrogens is 266 g/mol. The molecule has 5 nitrogen and oxygen atoms in total. The summed E-state index contributed by atoms with van der Waals surface area (Å²) in [5, 5.41) is 14.5. The Bertz CT molecular complexity index is 595. The van der Waals surface area contributed by atoms with E-state index in [0.29, 0.717) is 17.1 Å². The molecule has 0 saturated carbocycles. The summed E-state index contributed by atoms with van der Waals surface area (Å²) < 4.78 is 1.89. The standard InChI is InChI=1S/C13H14ClN3O2/c1-15-7-10-5-6-16(8-10)9-11-12(14)3-2-4-13(11)17(18)19/h2-6,8,15H,7,9H2,1H3. The highest BCUT2D eigenvalue weighted by Gasteiger charge is 2.16. The van der Waals surface area contributed by atoms with Crippen LogP contribution in [0, 0.1) is 10.1 Å². The molecule has 0 aliphatic carbocycles. The minimum Gasteiger partial charge on any atom is -0.349 e. The Morgan fingerprint density at radius 1 is 1.42 bits per heavy atom. The second kappa shape index (κ2) is 5.86. The summed E-state index contributed by atoms with van der Waals surface area (Å²) in [5.41, 5.74) is 1.70. The first kappa shape index (κ1) is 13.6. The van der Waals surface area contributed by atoms with Crippen LogP contribution in [0.5, 0.6) is 0 Å². The summed E-state index contributed by atoms with van der Waals surface area (Å²) in [6.07, 6.45) is 3.84. The first-order chi connectivity index (χ1) is 9.11. The molecule has 0 aliphatic heterocycles. The van der Waals surface area contributed by atoms with E-state index in [9.17, 15) is 10.1 Å². The zero-order valence-electron chi connectivity index (χ0n) is 10.5. The molecule has 0 radical (unpaired) electrons. The van der Waals surface area contributed by atoms with Gasteiger partial charge in [-0.05, 0) is 24.7 Å². The predicted octanol–water partition coefficient (Wildman–Crippen LogP) is 2.82. The summed E-state index contributed by atoms with van der Waals surface area (Å²) >= 11 is 6.06. The van der Waals surface area contributed by atoms with Gasteiger partial charge in [-0.15, -0.1) is 0 Å². The van der Waals surface area contributed by atoms with Crippen LogP contribution in [0.2, 0.25) is 5.02 Å². The number of nitrogens with one attached hydrogen (secondary N) is 1. The third-order valence-corrected chi connectivity index (χ3v) is 3.18. The summed E-state index contributed by atoms with van der Waals surface area (Å²) in [5.74, 6) is 0. The number of hydrogen-bond donors (Lipinski definition) is 1. The second-order valence-corrected chi connectivity index (χ2v) is 4.62. The van der Waals surface area contributed by atoms with Gasteiger partial charge in [-0.2, -0.15) is 0 Å². The molecule has 2 aromatic rings. The van der Waals surface area contributed by atoms with Crippen LogP contribution in [0.3, 0.4) is 0 Å². The van der Waals surface area contributed by atoms with Crippen LogP contribution >= 0.6 is 11.6 Å². The highest BCUT2D eigenvalue weighted by Crippen LogP contribution is 2.27. The molecule has 0 saturated heterocycles. The number of nitro benzene ring substituents is 1. The van der Waals surface area contributed by atoms with Crippen molar-refractivity contribution >= 4 is 17.3 Å². The zero-order chi connectivity index (χ0) is 13.8. The summed E-state index contributed by atoms with van der Waals surface area (Å²) in [6, 6.07) is 6.70. The summed E-state index contributed by atoms with van der Waals surface area (Å²) in [7, 11) is 1.87. The van der Waals surface area contributed by atoms with Gasteiger partial charge in [-0.25, -0.2) is 0 Å². The third kappa shape index (κ3) is 3.13. The van der Waals surface area contributed by atoms with Gasteiger partial charge in [0.25, 0.3) is 5.69 Å². The van der Waals surface area contributed by atoms with Gasteiger partial charge in [-0.1, -0.05) is 17.7 Å². The number of aromatic nitrogens is 1. The molecule has 0 bridgehead atoms. The first-order valence-electron chi connectivity index (χ1n) is 5.83. The van der Waals surface area contributed by atoms with E-state index in [0.717, 1.165) is 12.1 Å². The van der Waals surface area contributed by atoms with E-state index in [1.54, 1.807) is 12.1 Å². The SMILES string of the molecule is CNCc1ccn(Cc2c(Cl)cccc2[N+](=O)[O-])c1. The highest BCUT2D eigenvalue weighted by atomic mass is 35.5. The van der Waals surface area contributed by atoms with Crippen LogP contribution in [0.15, 0.2) is 36.7 Å². The molecule has 0 atom stereocenters. The van der Waals surface area contributed by atoms with Gasteiger partial charge in [0, 0.05) is 25.0 Å². The van der Waals surface area contributed by atoms with Crippen LogP contribution in [0.25, 0.3) is 0 Å². The van der Waals surface area contributed by atoms with E-state index in [-0.39, 0.29) is 5.69 Å². The Labute approximate surface area is 116 Å². The molecule has 100 valence electrons. The van der Waals surface area contributed by atoms with Crippen molar-refractivity contribution in [3.63, 3.8) is 0 Å². The lowest BCUT2D eigenvalue weighted by Crippen LogP contribution is -2.05. The van der Waals surface area contributed by atoms with E-state index in [2.05, 4.69) is 5.32 Å². The summed E-state index contributed by atoms with van der Waals surface area (Å²) in [4.78, 5) is 10.6. The molecule has 0 fully saturated rings. The van der Waals surface area contributed by atoms with E-state index >= 15 is 0 Å². The first-order valence-corrected chi connectivity index (χ1v) is 6.20. The molecule has 1 aromatic heterocycles. The maximum atomic E-state index is 11.0. The van der Waals surface area contributed by atoms with Crippen LogP contribution in [0.1, 0.15) is 11.1 Å². The molecular formula is C13H14ClN3O2. The van der Waals surface area contributed by atoms with Crippen molar-refractivity contribution in [1.29, 1.82) is 0 Å². The zero-order valence-corrected chi connectivity index (χ0v) is 11.2. The van der Waals surface area contributed by atoms with Gasteiger partial charge in [-0.3, -0.25) is 10.1 Å². The van der Waals surface area contributed by atoms with E-state index < -0.39 is 4.92 Å². The Morgan fingerprint density at radius 2 is 2.21 bits per heavy atom. The quantitative estimate of drug-likeness (QED) is 0.676. The molecule has 0 amide bonds. The van der Waals surface area contributed by atoms with Gasteiger partial charge < -0.3 is 9.88 Å². The minimum absolute atomic E-state index is 0.0522. The molecule has 2 rings (SSSR count). The number of nitro groups is 1. The monoisotopic (exact) mass is 279 g/mol. The Kier molecular flexibility index (Phi) is 4.19. The third-order valence-electron chi connectivity index (χ3n) is 2.82. The maximum Gasteiger partial charge on any atom is 0.275 e. The van der Waals surface area contributed by atoms with Crippen molar-refractivity contribution in [3.05, 3.63) is 62.9 Å². The van der Waals surface area contributed by atoms with Gasteiger partial charge in [0.05, 0.1) is 22.1 Å². The van der Waals surface area contributed by atoms with Crippen molar-refractivity contribution in [2.45, 2.75) is 13.1 Å². The van der Waals surface area contributed by atoms with Crippen molar-refractivity contribution in [3.8, 4) is 0 Å². The largest absolute Gasteiger partial charge is 0.349 e. The molecule has 0 unspecified atom stereocenters. The smallest absolute Gasteiger partial charge is 0.275 e.